The first kappa shape index (κ1) is 23.6. The third-order valence-corrected chi connectivity index (χ3v) is 6.93. The fourth-order valence-corrected chi connectivity index (χ4v) is 5.14. The zero-order chi connectivity index (χ0) is 20.4. The number of unbranched alkanes of at least 4 members (excludes halogenated alkanes) is 4. The Bertz CT molecular complexity index is 446. The maximum atomic E-state index is 10.6. The van der Waals surface area contributed by atoms with E-state index in [1.165, 1.54) is 12.8 Å². The van der Waals surface area contributed by atoms with Crippen LogP contribution in [0.25, 0.3) is 0 Å². The Morgan fingerprint density at radius 3 is 2.46 bits per heavy atom. The molecule has 1 aliphatic heterocycles. The standard InChI is InChI=1S/C23H42O5/c1-3-4-9-18(2)21(24)13-12-19-14-15-23(27-16-17-28-23)20(19)10-7-5-6-8-11-22(25)26/h18-21,24H,3-17H2,1-2H3,(H,25,26)/t18-,19-,20+,21-/m0/s1. The third-order valence-electron chi connectivity index (χ3n) is 6.93. The molecule has 0 amide bonds. The van der Waals surface area contributed by atoms with Gasteiger partial charge in [-0.1, -0.05) is 46.0 Å². The van der Waals surface area contributed by atoms with E-state index >= 15 is 0 Å². The summed E-state index contributed by atoms with van der Waals surface area (Å²) < 4.78 is 12.2. The van der Waals surface area contributed by atoms with Gasteiger partial charge >= 0.3 is 5.97 Å². The van der Waals surface area contributed by atoms with Crippen molar-refractivity contribution in [3.05, 3.63) is 0 Å². The largest absolute Gasteiger partial charge is 0.481 e. The molecule has 5 nitrogen and oxygen atoms in total. The summed E-state index contributed by atoms with van der Waals surface area (Å²) >= 11 is 0. The van der Waals surface area contributed by atoms with E-state index in [4.69, 9.17) is 14.6 Å². The predicted molar refractivity (Wildman–Crippen MR) is 110 cm³/mol. The molecule has 0 bridgehead atoms. The first-order valence-electron chi connectivity index (χ1n) is 11.7. The minimum Gasteiger partial charge on any atom is -0.481 e. The Kier molecular flexibility index (Phi) is 10.2. The van der Waals surface area contributed by atoms with Crippen molar-refractivity contribution in [2.24, 2.45) is 17.8 Å². The molecule has 2 rings (SSSR count). The number of carboxylic acids is 1. The summed E-state index contributed by atoms with van der Waals surface area (Å²) in [5, 5.41) is 19.3. The van der Waals surface area contributed by atoms with Crippen LogP contribution in [0.2, 0.25) is 0 Å². The second-order valence-electron chi connectivity index (χ2n) is 9.02. The summed E-state index contributed by atoms with van der Waals surface area (Å²) in [7, 11) is 0. The van der Waals surface area contributed by atoms with Crippen molar-refractivity contribution in [1.82, 2.24) is 0 Å². The number of rotatable bonds is 14. The monoisotopic (exact) mass is 398 g/mol. The third kappa shape index (κ3) is 7.00. The van der Waals surface area contributed by atoms with Gasteiger partial charge in [-0.25, -0.2) is 0 Å². The van der Waals surface area contributed by atoms with Crippen LogP contribution in [-0.4, -0.2) is 41.3 Å². The molecule has 1 spiro atoms. The van der Waals surface area contributed by atoms with Crippen molar-refractivity contribution < 1.29 is 24.5 Å². The van der Waals surface area contributed by atoms with E-state index in [-0.39, 0.29) is 18.3 Å². The van der Waals surface area contributed by atoms with Crippen LogP contribution in [0.15, 0.2) is 0 Å². The average molecular weight is 399 g/mol. The molecule has 4 atom stereocenters. The first-order valence-corrected chi connectivity index (χ1v) is 11.7. The Morgan fingerprint density at radius 2 is 1.79 bits per heavy atom. The Balaban J connectivity index is 1.80. The number of carboxylic acid groups (broad SMARTS) is 1. The van der Waals surface area contributed by atoms with Gasteiger partial charge in [0.1, 0.15) is 0 Å². The molecule has 0 aromatic carbocycles. The molecule has 1 aliphatic carbocycles. The number of hydrogen-bond donors (Lipinski definition) is 2. The van der Waals surface area contributed by atoms with E-state index in [0.717, 1.165) is 64.2 Å². The second-order valence-corrected chi connectivity index (χ2v) is 9.02. The number of ether oxygens (including phenoxy) is 2. The highest BCUT2D eigenvalue weighted by molar-refractivity contribution is 5.66. The van der Waals surface area contributed by atoms with Crippen LogP contribution in [0.4, 0.5) is 0 Å². The van der Waals surface area contributed by atoms with E-state index in [9.17, 15) is 9.90 Å². The zero-order valence-electron chi connectivity index (χ0n) is 18.0. The molecule has 5 heteroatoms. The van der Waals surface area contributed by atoms with Gasteiger partial charge in [0.25, 0.3) is 0 Å². The van der Waals surface area contributed by atoms with Crippen LogP contribution >= 0.6 is 0 Å². The molecule has 28 heavy (non-hydrogen) atoms. The Hall–Kier alpha value is -0.650. The molecule has 0 aromatic heterocycles. The molecule has 1 heterocycles. The molecule has 1 saturated carbocycles. The molecule has 0 aromatic rings. The SMILES string of the molecule is CCCC[C@H](C)[C@@H](O)CC[C@H]1CCC2(OCCO2)[C@@H]1CCCCCCC(=O)O. The average Bonchev–Trinajstić information content (AvgIpc) is 3.28. The van der Waals surface area contributed by atoms with Crippen LogP contribution in [0.1, 0.15) is 97.3 Å². The molecule has 0 unspecified atom stereocenters. The van der Waals surface area contributed by atoms with Gasteiger partial charge in [0.05, 0.1) is 19.3 Å². The predicted octanol–water partition coefficient (Wildman–Crippen LogP) is 5.15. The summed E-state index contributed by atoms with van der Waals surface area (Å²) in [6.45, 7) is 5.76. The van der Waals surface area contributed by atoms with Gasteiger partial charge in [-0.05, 0) is 50.4 Å². The highest BCUT2D eigenvalue weighted by Crippen LogP contribution is 2.50. The first-order chi connectivity index (χ1) is 13.5. The Morgan fingerprint density at radius 1 is 1.07 bits per heavy atom. The minimum atomic E-state index is -0.700. The van der Waals surface area contributed by atoms with Crippen LogP contribution in [-0.2, 0) is 14.3 Å². The molecule has 1 saturated heterocycles. The van der Waals surface area contributed by atoms with Gasteiger partial charge in [0, 0.05) is 18.8 Å². The summed E-state index contributed by atoms with van der Waals surface area (Å²) in [6.07, 6.45) is 12.6. The topological polar surface area (TPSA) is 76.0 Å². The molecule has 0 radical (unpaired) electrons. The van der Waals surface area contributed by atoms with E-state index in [1.54, 1.807) is 0 Å². The molecule has 164 valence electrons. The lowest BCUT2D eigenvalue weighted by Crippen LogP contribution is -2.37. The molecule has 2 aliphatic rings. The van der Waals surface area contributed by atoms with Gasteiger partial charge in [0.15, 0.2) is 5.79 Å². The fourth-order valence-electron chi connectivity index (χ4n) is 5.14. The lowest BCUT2D eigenvalue weighted by atomic mass is 9.83. The van der Waals surface area contributed by atoms with Crippen LogP contribution < -0.4 is 0 Å². The lowest BCUT2D eigenvalue weighted by Gasteiger charge is -2.33. The maximum Gasteiger partial charge on any atom is 0.303 e. The zero-order valence-corrected chi connectivity index (χ0v) is 18.0. The van der Waals surface area contributed by atoms with Crippen LogP contribution in [0.5, 0.6) is 0 Å². The summed E-state index contributed by atoms with van der Waals surface area (Å²) in [5.41, 5.74) is 0. The Labute approximate surface area is 171 Å². The fraction of sp³-hybridized carbons (Fsp3) is 0.957. The van der Waals surface area contributed by atoms with E-state index in [1.807, 2.05) is 0 Å². The highest BCUT2D eigenvalue weighted by atomic mass is 16.7. The van der Waals surface area contributed by atoms with E-state index < -0.39 is 5.97 Å². The highest BCUT2D eigenvalue weighted by Gasteiger charge is 2.51. The van der Waals surface area contributed by atoms with E-state index in [0.29, 0.717) is 31.0 Å². The van der Waals surface area contributed by atoms with Crippen molar-refractivity contribution in [2.45, 2.75) is 109 Å². The summed E-state index contributed by atoms with van der Waals surface area (Å²) in [4.78, 5) is 10.6. The minimum absolute atomic E-state index is 0.204. The number of aliphatic carboxylic acids is 1. The lowest BCUT2D eigenvalue weighted by molar-refractivity contribution is -0.188. The van der Waals surface area contributed by atoms with Gasteiger partial charge in [0.2, 0.25) is 0 Å². The van der Waals surface area contributed by atoms with E-state index in [2.05, 4.69) is 13.8 Å². The summed E-state index contributed by atoms with van der Waals surface area (Å²) in [6, 6.07) is 0. The quantitative estimate of drug-likeness (QED) is 0.396. The molecular weight excluding hydrogens is 356 g/mol. The molecular formula is C23H42O5. The normalized spacial score (nSPS) is 26.0. The summed E-state index contributed by atoms with van der Waals surface area (Å²) in [5.74, 6) is 0.263. The van der Waals surface area contributed by atoms with Crippen molar-refractivity contribution >= 4 is 5.97 Å². The smallest absolute Gasteiger partial charge is 0.303 e. The van der Waals surface area contributed by atoms with Crippen molar-refractivity contribution in [3.8, 4) is 0 Å². The van der Waals surface area contributed by atoms with Crippen molar-refractivity contribution in [3.63, 3.8) is 0 Å². The van der Waals surface area contributed by atoms with Crippen LogP contribution in [0.3, 0.4) is 0 Å². The van der Waals surface area contributed by atoms with Crippen LogP contribution in [0, 0.1) is 17.8 Å². The second kappa shape index (κ2) is 12.1. The number of hydrogen-bond acceptors (Lipinski definition) is 4. The van der Waals surface area contributed by atoms with Crippen molar-refractivity contribution in [1.29, 1.82) is 0 Å². The molecule has 2 fully saturated rings. The number of aliphatic hydroxyl groups excluding tert-OH is 1. The van der Waals surface area contributed by atoms with Gasteiger partial charge < -0.3 is 19.7 Å². The maximum absolute atomic E-state index is 10.6. The van der Waals surface area contributed by atoms with Gasteiger partial charge in [-0.2, -0.15) is 0 Å². The molecule has 2 N–H and O–H groups in total. The number of aliphatic hydroxyl groups is 1. The van der Waals surface area contributed by atoms with Crippen molar-refractivity contribution in [2.75, 3.05) is 13.2 Å². The van der Waals surface area contributed by atoms with Gasteiger partial charge in [-0.3, -0.25) is 4.79 Å². The number of carbonyl (C=O) groups is 1. The van der Waals surface area contributed by atoms with Gasteiger partial charge in [-0.15, -0.1) is 0 Å².